The van der Waals surface area contributed by atoms with E-state index in [9.17, 15) is 8.78 Å². The monoisotopic (exact) mass is 462 g/mol. The van der Waals surface area contributed by atoms with Crippen molar-refractivity contribution < 1.29 is 26.3 Å². The highest BCUT2D eigenvalue weighted by Crippen LogP contribution is 2.66. The highest BCUT2D eigenvalue weighted by Gasteiger charge is 2.80. The van der Waals surface area contributed by atoms with Gasteiger partial charge in [-0.2, -0.15) is 26.3 Å². The van der Waals surface area contributed by atoms with E-state index in [1.165, 1.54) is 26.0 Å². The van der Waals surface area contributed by atoms with Crippen molar-refractivity contribution in [1.29, 1.82) is 0 Å². The zero-order valence-corrected chi connectivity index (χ0v) is 18.3. The van der Waals surface area contributed by atoms with Gasteiger partial charge in [-0.15, -0.1) is 0 Å². The van der Waals surface area contributed by atoms with Crippen molar-refractivity contribution in [2.45, 2.75) is 31.6 Å². The number of aryl methyl sites for hydroxylation is 2. The maximum absolute atomic E-state index is 15.5. The summed E-state index contributed by atoms with van der Waals surface area (Å²) < 4.78 is 94.7. The highest BCUT2D eigenvalue weighted by atomic mass is 19.3. The van der Waals surface area contributed by atoms with Crippen LogP contribution in [0.25, 0.3) is 33.0 Å². The third kappa shape index (κ3) is 2.41. The summed E-state index contributed by atoms with van der Waals surface area (Å²) in [5.74, 6) is -15.8. The average Bonchev–Trinajstić information content (AvgIpc) is 3.20. The number of allylic oxidation sites excluding steroid dienone is 2. The molecule has 0 fully saturated rings. The van der Waals surface area contributed by atoms with Crippen LogP contribution in [0.5, 0.6) is 0 Å². The van der Waals surface area contributed by atoms with Crippen LogP contribution in [-0.4, -0.2) is 26.9 Å². The fraction of sp³-hybridized carbons (Fsp3) is 0.280. The van der Waals surface area contributed by atoms with Crippen LogP contribution in [0.4, 0.5) is 26.3 Å². The smallest absolute Gasteiger partial charge is 0.347 e. The Morgan fingerprint density at radius 2 is 0.909 bits per heavy atom. The Balaban J connectivity index is 2.04. The molecular formula is C25H20F6N2. The molecule has 5 rings (SSSR count). The van der Waals surface area contributed by atoms with Crippen LogP contribution in [0.15, 0.2) is 48.5 Å². The molecule has 2 aromatic heterocycles. The minimum atomic E-state index is -5.60. The molecule has 0 bridgehead atoms. The number of para-hydroxylation sites is 2. The van der Waals surface area contributed by atoms with Gasteiger partial charge in [-0.3, -0.25) is 0 Å². The molecule has 1 aliphatic rings. The Morgan fingerprint density at radius 1 is 0.576 bits per heavy atom. The van der Waals surface area contributed by atoms with Gasteiger partial charge in [0.1, 0.15) is 0 Å². The van der Waals surface area contributed by atoms with Crippen LogP contribution in [0, 0.1) is 13.8 Å². The molecule has 8 heteroatoms. The summed E-state index contributed by atoms with van der Waals surface area (Å²) in [6.07, 6.45) is 0. The second-order valence-electron chi connectivity index (χ2n) is 8.55. The Morgan fingerprint density at radius 3 is 1.27 bits per heavy atom. The van der Waals surface area contributed by atoms with Crippen molar-refractivity contribution >= 4 is 33.0 Å². The molecule has 1 aliphatic carbocycles. The van der Waals surface area contributed by atoms with Crippen LogP contribution in [0.3, 0.4) is 0 Å². The van der Waals surface area contributed by atoms with E-state index in [0.717, 1.165) is 0 Å². The molecule has 0 radical (unpaired) electrons. The predicted molar refractivity (Wildman–Crippen MR) is 117 cm³/mol. The Hall–Kier alpha value is -3.16. The lowest BCUT2D eigenvalue weighted by Crippen LogP contribution is -2.49. The van der Waals surface area contributed by atoms with E-state index >= 15 is 17.6 Å². The second kappa shape index (κ2) is 6.46. The number of hydrogen-bond donors (Lipinski definition) is 0. The first-order chi connectivity index (χ1) is 15.4. The summed E-state index contributed by atoms with van der Waals surface area (Å²) in [7, 11) is 3.18. The summed E-state index contributed by atoms with van der Waals surface area (Å²) in [6.45, 7) is 2.95. The summed E-state index contributed by atoms with van der Waals surface area (Å²) in [5, 5.41) is 0.437. The van der Waals surface area contributed by atoms with E-state index < -0.39 is 28.9 Å². The largest absolute Gasteiger partial charge is 0.380 e. The maximum atomic E-state index is 15.5. The molecule has 0 saturated carbocycles. The Kier molecular flexibility index (Phi) is 4.24. The minimum Gasteiger partial charge on any atom is -0.347 e. The summed E-state index contributed by atoms with van der Waals surface area (Å²) in [6, 6.07) is 12.7. The number of rotatable bonds is 2. The fourth-order valence-corrected chi connectivity index (χ4v) is 5.06. The van der Waals surface area contributed by atoms with Gasteiger partial charge in [-0.05, 0) is 26.0 Å². The minimum absolute atomic E-state index is 0.203. The predicted octanol–water partition coefficient (Wildman–Crippen LogP) is 7.12. The maximum Gasteiger partial charge on any atom is 0.380 e. The van der Waals surface area contributed by atoms with E-state index in [1.54, 1.807) is 59.6 Å². The van der Waals surface area contributed by atoms with E-state index in [4.69, 9.17) is 0 Å². The molecule has 0 aliphatic heterocycles. The zero-order chi connectivity index (χ0) is 24.1. The molecule has 2 nitrogen and oxygen atoms in total. The third-order valence-electron chi connectivity index (χ3n) is 6.97. The second-order valence-corrected chi connectivity index (χ2v) is 8.55. The number of fused-ring (bicyclic) bond motifs is 2. The molecule has 172 valence electrons. The molecule has 2 heterocycles. The average molecular weight is 462 g/mol. The molecule has 2 aromatic carbocycles. The summed E-state index contributed by atoms with van der Waals surface area (Å²) >= 11 is 0. The van der Waals surface area contributed by atoms with Crippen LogP contribution < -0.4 is 0 Å². The normalized spacial score (nSPS) is 19.2. The van der Waals surface area contributed by atoms with Gasteiger partial charge in [-0.1, -0.05) is 36.4 Å². The van der Waals surface area contributed by atoms with E-state index in [1.807, 2.05) is 0 Å². The first-order valence-electron chi connectivity index (χ1n) is 10.3. The fourth-order valence-electron chi connectivity index (χ4n) is 5.06. The number of benzene rings is 2. The van der Waals surface area contributed by atoms with Gasteiger partial charge in [0.15, 0.2) is 0 Å². The lowest BCUT2D eigenvalue weighted by molar-refractivity contribution is -0.254. The van der Waals surface area contributed by atoms with Crippen molar-refractivity contribution in [2.24, 2.45) is 14.1 Å². The van der Waals surface area contributed by atoms with Crippen LogP contribution in [-0.2, 0) is 14.1 Å². The molecule has 0 N–H and O–H groups in total. The van der Waals surface area contributed by atoms with Crippen LogP contribution in [0.2, 0.25) is 0 Å². The van der Waals surface area contributed by atoms with Crippen molar-refractivity contribution in [3.05, 3.63) is 71.0 Å². The lowest BCUT2D eigenvalue weighted by atomic mass is 9.91. The number of alkyl halides is 6. The molecule has 0 amide bonds. The molecule has 33 heavy (non-hydrogen) atoms. The van der Waals surface area contributed by atoms with Gasteiger partial charge in [-0.25, -0.2) is 0 Å². The third-order valence-corrected chi connectivity index (χ3v) is 6.97. The van der Waals surface area contributed by atoms with E-state index in [-0.39, 0.29) is 33.3 Å². The van der Waals surface area contributed by atoms with Crippen molar-refractivity contribution in [1.82, 2.24) is 9.13 Å². The van der Waals surface area contributed by atoms with Gasteiger partial charge < -0.3 is 9.13 Å². The topological polar surface area (TPSA) is 9.86 Å². The number of halogens is 6. The highest BCUT2D eigenvalue weighted by molar-refractivity contribution is 6.12. The SMILES string of the molecule is Cc1c(C2=C(c3c(C)n(C)c4ccccc34)C(F)(F)C(F)(F)C2(F)F)c2ccccc2n1C. The Labute approximate surface area is 185 Å². The summed E-state index contributed by atoms with van der Waals surface area (Å²) in [5.41, 5.74) is -1.81. The van der Waals surface area contributed by atoms with E-state index in [2.05, 4.69) is 0 Å². The van der Waals surface area contributed by atoms with Crippen molar-refractivity contribution in [2.75, 3.05) is 0 Å². The first kappa shape index (κ1) is 21.7. The standard InChI is InChI=1S/C25H20F6N2/c1-13-19(15-9-5-7-11-17(15)32(13)3)21-22(24(28,29)25(30,31)23(21,26)27)20-14(2)33(4)18-12-8-6-10-16(18)20/h5-12H,1-4H3. The van der Waals surface area contributed by atoms with Crippen LogP contribution in [0.1, 0.15) is 22.5 Å². The first-order valence-corrected chi connectivity index (χ1v) is 10.3. The molecule has 0 spiro atoms. The van der Waals surface area contributed by atoms with Gasteiger partial charge in [0.25, 0.3) is 0 Å². The molecule has 0 unspecified atom stereocenters. The van der Waals surface area contributed by atoms with Crippen LogP contribution >= 0.6 is 0 Å². The zero-order valence-electron chi connectivity index (χ0n) is 18.3. The van der Waals surface area contributed by atoms with Gasteiger partial charge in [0.05, 0.1) is 0 Å². The molecular weight excluding hydrogens is 442 g/mol. The molecule has 0 saturated heterocycles. The molecule has 4 aromatic rings. The number of hydrogen-bond acceptors (Lipinski definition) is 0. The van der Waals surface area contributed by atoms with Crippen molar-refractivity contribution in [3.8, 4) is 0 Å². The quantitative estimate of drug-likeness (QED) is 0.281. The lowest BCUT2D eigenvalue weighted by Gasteiger charge is -2.26. The number of nitrogens with zero attached hydrogens (tertiary/aromatic N) is 2. The summed E-state index contributed by atoms with van der Waals surface area (Å²) in [4.78, 5) is 0. The van der Waals surface area contributed by atoms with Gasteiger partial charge in [0.2, 0.25) is 0 Å². The number of aromatic nitrogens is 2. The van der Waals surface area contributed by atoms with Gasteiger partial charge in [0, 0.05) is 69.6 Å². The van der Waals surface area contributed by atoms with Crippen molar-refractivity contribution in [3.63, 3.8) is 0 Å². The van der Waals surface area contributed by atoms with E-state index in [0.29, 0.717) is 11.0 Å². The molecule has 0 atom stereocenters. The Bertz CT molecular complexity index is 1380. The van der Waals surface area contributed by atoms with Gasteiger partial charge >= 0.3 is 17.8 Å².